The third kappa shape index (κ3) is 4.04. The van der Waals surface area contributed by atoms with Crippen molar-refractivity contribution in [3.05, 3.63) is 97.0 Å². The van der Waals surface area contributed by atoms with Crippen LogP contribution in [0.25, 0.3) is 6.08 Å². The number of rotatable bonds is 2. The molecule has 146 valence electrons. The molecule has 2 heterocycles. The Hall–Kier alpha value is -2.33. The van der Waals surface area contributed by atoms with Gasteiger partial charge in [-0.1, -0.05) is 56.1 Å². The first-order valence-electron chi connectivity index (χ1n) is 9.17. The predicted octanol–water partition coefficient (Wildman–Crippen LogP) is 5.30. The predicted molar refractivity (Wildman–Crippen MR) is 121 cm³/mol. The van der Waals surface area contributed by atoms with Gasteiger partial charge in [0.2, 0.25) is 5.88 Å². The molecule has 2 aromatic rings. The lowest BCUT2D eigenvalue weighted by Gasteiger charge is -2.36. The second-order valence-corrected chi connectivity index (χ2v) is 9.06. The van der Waals surface area contributed by atoms with Crippen LogP contribution in [0.5, 0.6) is 0 Å². The molecule has 2 aromatic carbocycles. The second kappa shape index (κ2) is 8.19. The number of nitriles is 1. The number of benzene rings is 2. The van der Waals surface area contributed by atoms with Crippen molar-refractivity contribution in [1.29, 1.82) is 5.26 Å². The third-order valence-corrected chi connectivity index (χ3v) is 6.17. The number of ether oxygens (including phenoxy) is 1. The first-order valence-corrected chi connectivity index (χ1v) is 10.8. The van der Waals surface area contributed by atoms with Gasteiger partial charge in [0.05, 0.1) is 5.92 Å². The molecule has 0 radical (unpaired) electrons. The van der Waals surface area contributed by atoms with Crippen LogP contribution in [0.1, 0.15) is 17.0 Å². The highest BCUT2D eigenvalue weighted by molar-refractivity contribution is 9.10. The van der Waals surface area contributed by atoms with Crippen molar-refractivity contribution < 1.29 is 4.74 Å². The minimum Gasteiger partial charge on any atom is -0.440 e. The summed E-state index contributed by atoms with van der Waals surface area (Å²) in [5, 5.41) is 9.80. The van der Waals surface area contributed by atoms with Gasteiger partial charge in [-0.25, -0.2) is 0 Å². The van der Waals surface area contributed by atoms with Crippen LogP contribution >= 0.6 is 31.9 Å². The molecular weight excluding hydrogens is 494 g/mol. The molecule has 0 saturated carbocycles. The molecule has 2 aliphatic rings. The maximum absolute atomic E-state index is 9.80. The Labute approximate surface area is 187 Å². The zero-order chi connectivity index (χ0) is 20.5. The number of allylic oxidation sites excluding steroid dienone is 1. The van der Waals surface area contributed by atoms with E-state index in [1.165, 1.54) is 0 Å². The maximum Gasteiger partial charge on any atom is 0.205 e. The quantitative estimate of drug-likeness (QED) is 0.592. The van der Waals surface area contributed by atoms with E-state index in [1.54, 1.807) is 0 Å². The summed E-state index contributed by atoms with van der Waals surface area (Å²) < 4.78 is 8.06. The van der Waals surface area contributed by atoms with Crippen molar-refractivity contribution in [3.8, 4) is 6.07 Å². The molecule has 1 unspecified atom stereocenters. The van der Waals surface area contributed by atoms with Crippen molar-refractivity contribution in [1.82, 2.24) is 4.90 Å². The highest BCUT2D eigenvalue weighted by Crippen LogP contribution is 2.43. The first kappa shape index (κ1) is 20.0. The normalized spacial score (nSPS) is 21.0. The van der Waals surface area contributed by atoms with Crippen LogP contribution in [-0.4, -0.2) is 25.0 Å². The standard InChI is InChI=1S/C23H19Br2N3O/c1-28-12-16(10-14-2-6-17(24)7-3-14)22-20(13-28)21(19(11-26)23(27)29-22)15-4-8-18(25)9-5-15/h2-10,21H,12-13,27H2,1H3/b16-10+. The summed E-state index contributed by atoms with van der Waals surface area (Å²) in [6, 6.07) is 18.5. The lowest BCUT2D eigenvalue weighted by Crippen LogP contribution is -2.35. The van der Waals surface area contributed by atoms with E-state index in [-0.39, 0.29) is 11.8 Å². The molecule has 0 saturated heterocycles. The van der Waals surface area contributed by atoms with Crippen LogP contribution in [0.2, 0.25) is 0 Å². The van der Waals surface area contributed by atoms with Crippen LogP contribution in [0.3, 0.4) is 0 Å². The first-order chi connectivity index (χ1) is 14.0. The Bertz CT molecular complexity index is 1080. The Morgan fingerprint density at radius 1 is 1.07 bits per heavy atom. The van der Waals surface area contributed by atoms with Crippen LogP contribution in [0.15, 0.2) is 85.8 Å². The zero-order valence-corrected chi connectivity index (χ0v) is 19.0. The summed E-state index contributed by atoms with van der Waals surface area (Å²) in [6.45, 7) is 1.46. The van der Waals surface area contributed by atoms with Crippen LogP contribution in [-0.2, 0) is 4.74 Å². The van der Waals surface area contributed by atoms with E-state index in [2.05, 4.69) is 68.1 Å². The molecule has 29 heavy (non-hydrogen) atoms. The molecule has 4 nitrogen and oxygen atoms in total. The van der Waals surface area contributed by atoms with Crippen molar-refractivity contribution in [2.45, 2.75) is 5.92 Å². The topological polar surface area (TPSA) is 62.3 Å². The van der Waals surface area contributed by atoms with E-state index in [9.17, 15) is 5.26 Å². The molecule has 0 fully saturated rings. The monoisotopic (exact) mass is 511 g/mol. The molecule has 0 aromatic heterocycles. The molecular formula is C23H19Br2N3O. The van der Waals surface area contributed by atoms with Crippen molar-refractivity contribution in [2.24, 2.45) is 5.73 Å². The van der Waals surface area contributed by atoms with Crippen LogP contribution in [0, 0.1) is 11.3 Å². The average Bonchev–Trinajstić information content (AvgIpc) is 2.70. The van der Waals surface area contributed by atoms with Gasteiger partial charge in [-0.3, -0.25) is 4.90 Å². The lowest BCUT2D eigenvalue weighted by molar-refractivity contribution is 0.251. The van der Waals surface area contributed by atoms with E-state index >= 15 is 0 Å². The molecule has 0 bridgehead atoms. The number of hydrogen-bond donors (Lipinski definition) is 1. The largest absolute Gasteiger partial charge is 0.440 e. The Kier molecular flexibility index (Phi) is 5.64. The van der Waals surface area contributed by atoms with Gasteiger partial charge in [-0.15, -0.1) is 0 Å². The Morgan fingerprint density at radius 2 is 1.69 bits per heavy atom. The van der Waals surface area contributed by atoms with Gasteiger partial charge in [0.25, 0.3) is 0 Å². The van der Waals surface area contributed by atoms with Crippen LogP contribution < -0.4 is 5.73 Å². The molecule has 0 aliphatic carbocycles. The summed E-state index contributed by atoms with van der Waals surface area (Å²) in [5.41, 5.74) is 10.9. The molecule has 1 atom stereocenters. The van der Waals surface area contributed by atoms with Gasteiger partial charge in [0, 0.05) is 27.6 Å². The summed E-state index contributed by atoms with van der Waals surface area (Å²) in [5.74, 6) is 0.758. The van der Waals surface area contributed by atoms with Gasteiger partial charge >= 0.3 is 0 Å². The van der Waals surface area contributed by atoms with Crippen LogP contribution in [0.4, 0.5) is 0 Å². The molecule has 0 spiro atoms. The summed E-state index contributed by atoms with van der Waals surface area (Å²) in [6.07, 6.45) is 2.13. The Morgan fingerprint density at radius 3 is 2.31 bits per heavy atom. The highest BCUT2D eigenvalue weighted by Gasteiger charge is 2.36. The number of nitrogens with zero attached hydrogens (tertiary/aromatic N) is 2. The Balaban J connectivity index is 1.85. The molecule has 6 heteroatoms. The summed E-state index contributed by atoms with van der Waals surface area (Å²) >= 11 is 6.96. The van der Waals surface area contributed by atoms with E-state index in [0.29, 0.717) is 12.1 Å². The molecule has 2 N–H and O–H groups in total. The maximum atomic E-state index is 9.80. The van der Waals surface area contributed by atoms with Gasteiger partial charge in [-0.2, -0.15) is 5.26 Å². The fourth-order valence-corrected chi connectivity index (χ4v) is 4.37. The third-order valence-electron chi connectivity index (χ3n) is 5.11. The average molecular weight is 513 g/mol. The summed E-state index contributed by atoms with van der Waals surface area (Å²) in [7, 11) is 2.07. The number of halogens is 2. The smallest absolute Gasteiger partial charge is 0.205 e. The van der Waals surface area contributed by atoms with E-state index in [0.717, 1.165) is 43.5 Å². The molecule has 2 aliphatic heterocycles. The van der Waals surface area contributed by atoms with E-state index in [4.69, 9.17) is 10.5 Å². The number of hydrogen-bond acceptors (Lipinski definition) is 4. The molecule has 4 rings (SSSR count). The minimum atomic E-state index is -0.215. The van der Waals surface area contributed by atoms with Gasteiger partial charge in [0.1, 0.15) is 17.4 Å². The number of likely N-dealkylation sites (N-methyl/N-ethyl adjacent to an activating group) is 1. The summed E-state index contributed by atoms with van der Waals surface area (Å²) in [4.78, 5) is 2.23. The lowest BCUT2D eigenvalue weighted by atomic mass is 9.80. The fraction of sp³-hybridized carbons (Fsp3) is 0.174. The fourth-order valence-electron chi connectivity index (χ4n) is 3.84. The van der Waals surface area contributed by atoms with Gasteiger partial charge in [0.15, 0.2) is 0 Å². The van der Waals surface area contributed by atoms with Gasteiger partial charge in [-0.05, 0) is 54.1 Å². The molecule has 0 amide bonds. The van der Waals surface area contributed by atoms with E-state index in [1.807, 2.05) is 36.4 Å². The zero-order valence-electron chi connectivity index (χ0n) is 15.8. The van der Waals surface area contributed by atoms with Crippen molar-refractivity contribution in [3.63, 3.8) is 0 Å². The second-order valence-electron chi connectivity index (χ2n) is 7.22. The minimum absolute atomic E-state index is 0.186. The van der Waals surface area contributed by atoms with E-state index < -0.39 is 0 Å². The van der Waals surface area contributed by atoms with Crippen molar-refractivity contribution >= 4 is 37.9 Å². The number of nitrogens with two attached hydrogens (primary N) is 1. The van der Waals surface area contributed by atoms with Crippen molar-refractivity contribution in [2.75, 3.05) is 20.1 Å². The SMILES string of the molecule is CN1CC2=C(OC(N)=C(C#N)C2c2ccc(Br)cc2)/C(=C/c2ccc(Br)cc2)C1. The van der Waals surface area contributed by atoms with Gasteiger partial charge < -0.3 is 10.5 Å². The highest BCUT2D eigenvalue weighted by atomic mass is 79.9.